The standard InChI is InChI=1S/C25H23N5O/c26-25(12-4-13-25)18-9-7-17(8-10-18)22-19(16-5-2-1-3-6-16)15-20-21(27-22)11-14-30-23(20)28-29-24(30)31/h1-3,5-10,15H,4,11-14,26H2,(H,29,31). The maximum absolute atomic E-state index is 12.1. The van der Waals surface area contributed by atoms with Gasteiger partial charge < -0.3 is 5.73 Å². The molecule has 0 spiro atoms. The van der Waals surface area contributed by atoms with Crippen LogP contribution in [0.1, 0.15) is 30.5 Å². The molecule has 3 N–H and O–H groups in total. The molecule has 1 aliphatic carbocycles. The molecule has 6 heteroatoms. The van der Waals surface area contributed by atoms with Gasteiger partial charge in [0.25, 0.3) is 0 Å². The Balaban J connectivity index is 1.53. The van der Waals surface area contributed by atoms with E-state index in [4.69, 9.17) is 10.7 Å². The Morgan fingerprint density at radius 1 is 0.968 bits per heavy atom. The highest BCUT2D eigenvalue weighted by atomic mass is 16.1. The molecule has 1 saturated carbocycles. The highest BCUT2D eigenvalue weighted by Gasteiger charge is 2.34. The molecule has 4 aromatic rings. The Morgan fingerprint density at radius 2 is 1.74 bits per heavy atom. The van der Waals surface area contributed by atoms with Crippen molar-refractivity contribution in [1.82, 2.24) is 19.7 Å². The first-order valence-electron chi connectivity index (χ1n) is 10.8. The average Bonchev–Trinajstić information content (AvgIpc) is 3.18. The van der Waals surface area contributed by atoms with Crippen LogP contribution in [0.4, 0.5) is 0 Å². The molecule has 154 valence electrons. The fraction of sp³-hybridized carbons (Fsp3) is 0.240. The predicted octanol–water partition coefficient (Wildman–Crippen LogP) is 3.86. The first kappa shape index (κ1) is 18.3. The second-order valence-corrected chi connectivity index (χ2v) is 8.59. The summed E-state index contributed by atoms with van der Waals surface area (Å²) < 4.78 is 1.69. The van der Waals surface area contributed by atoms with Gasteiger partial charge >= 0.3 is 5.69 Å². The molecule has 1 fully saturated rings. The minimum atomic E-state index is -0.173. The van der Waals surface area contributed by atoms with Gasteiger partial charge in [-0.3, -0.25) is 9.55 Å². The van der Waals surface area contributed by atoms with Gasteiger partial charge in [0.15, 0.2) is 5.82 Å². The molecule has 2 aliphatic rings. The third-order valence-corrected chi connectivity index (χ3v) is 6.74. The van der Waals surface area contributed by atoms with Crippen molar-refractivity contribution in [2.75, 3.05) is 0 Å². The van der Waals surface area contributed by atoms with Crippen molar-refractivity contribution in [2.45, 2.75) is 37.8 Å². The van der Waals surface area contributed by atoms with Crippen molar-refractivity contribution < 1.29 is 0 Å². The number of hydrogen-bond acceptors (Lipinski definition) is 4. The van der Waals surface area contributed by atoms with E-state index in [0.29, 0.717) is 18.8 Å². The highest BCUT2D eigenvalue weighted by molar-refractivity contribution is 5.84. The van der Waals surface area contributed by atoms with Crippen LogP contribution in [0, 0.1) is 0 Å². The lowest BCUT2D eigenvalue weighted by molar-refractivity contribution is 0.253. The zero-order valence-electron chi connectivity index (χ0n) is 17.1. The van der Waals surface area contributed by atoms with Crippen LogP contribution < -0.4 is 11.4 Å². The summed E-state index contributed by atoms with van der Waals surface area (Å²) in [7, 11) is 0. The van der Waals surface area contributed by atoms with E-state index in [9.17, 15) is 4.79 Å². The number of aromatic nitrogens is 4. The number of rotatable bonds is 3. The second kappa shape index (κ2) is 6.75. The molecule has 0 radical (unpaired) electrons. The van der Waals surface area contributed by atoms with Crippen molar-refractivity contribution in [3.8, 4) is 33.8 Å². The number of nitrogens with two attached hydrogens (primary N) is 1. The Morgan fingerprint density at radius 3 is 2.45 bits per heavy atom. The first-order chi connectivity index (χ1) is 15.1. The molecule has 6 rings (SSSR count). The summed E-state index contributed by atoms with van der Waals surface area (Å²) in [5, 5.41) is 6.84. The molecule has 6 nitrogen and oxygen atoms in total. The molecule has 0 saturated heterocycles. The average molecular weight is 409 g/mol. The van der Waals surface area contributed by atoms with Gasteiger partial charge in [-0.2, -0.15) is 5.10 Å². The SMILES string of the molecule is NC1(c2ccc(-c3nc4c(cc3-c3ccccc3)-c3n[nH]c(=O)n3CC4)cc2)CCC1. The number of H-pyrrole nitrogens is 1. The Bertz CT molecular complexity index is 1330. The number of fused-ring (bicyclic) bond motifs is 3. The third-order valence-electron chi connectivity index (χ3n) is 6.74. The molecule has 2 aromatic carbocycles. The van der Waals surface area contributed by atoms with Crippen LogP contribution in [0.5, 0.6) is 0 Å². The van der Waals surface area contributed by atoms with Gasteiger partial charge in [-0.25, -0.2) is 9.89 Å². The summed E-state index contributed by atoms with van der Waals surface area (Å²) in [6, 6.07) is 20.9. The van der Waals surface area contributed by atoms with Gasteiger partial charge in [-0.1, -0.05) is 54.6 Å². The summed E-state index contributed by atoms with van der Waals surface area (Å²) in [5.41, 5.74) is 13.4. The molecule has 0 unspecified atom stereocenters. The van der Waals surface area contributed by atoms with Crippen LogP contribution in [0.3, 0.4) is 0 Å². The van der Waals surface area contributed by atoms with Crippen LogP contribution in [-0.2, 0) is 18.5 Å². The minimum absolute atomic E-state index is 0.173. The number of aromatic amines is 1. The maximum atomic E-state index is 12.1. The van der Waals surface area contributed by atoms with Gasteiger partial charge in [0.2, 0.25) is 0 Å². The molecule has 0 bridgehead atoms. The van der Waals surface area contributed by atoms with Gasteiger partial charge in [0, 0.05) is 35.2 Å². The van der Waals surface area contributed by atoms with E-state index in [1.807, 2.05) is 18.2 Å². The van der Waals surface area contributed by atoms with Gasteiger partial charge in [-0.15, -0.1) is 0 Å². The van der Waals surface area contributed by atoms with Crippen LogP contribution in [0.25, 0.3) is 33.8 Å². The zero-order valence-corrected chi connectivity index (χ0v) is 17.1. The van der Waals surface area contributed by atoms with Crippen LogP contribution in [-0.4, -0.2) is 19.7 Å². The highest BCUT2D eigenvalue weighted by Crippen LogP contribution is 2.40. The van der Waals surface area contributed by atoms with Crippen molar-refractivity contribution in [3.63, 3.8) is 0 Å². The monoisotopic (exact) mass is 409 g/mol. The normalized spacial score (nSPS) is 16.3. The van der Waals surface area contributed by atoms with Crippen molar-refractivity contribution in [3.05, 3.63) is 82.4 Å². The summed E-state index contributed by atoms with van der Waals surface area (Å²) in [6.07, 6.45) is 3.99. The van der Waals surface area contributed by atoms with E-state index in [-0.39, 0.29) is 11.2 Å². The number of nitrogens with one attached hydrogen (secondary N) is 1. The molecule has 2 aromatic heterocycles. The van der Waals surface area contributed by atoms with Crippen molar-refractivity contribution in [1.29, 1.82) is 0 Å². The first-order valence-corrected chi connectivity index (χ1v) is 10.8. The molecule has 3 heterocycles. The molecule has 31 heavy (non-hydrogen) atoms. The van der Waals surface area contributed by atoms with E-state index < -0.39 is 0 Å². The molecule has 0 amide bonds. The number of nitrogens with zero attached hydrogens (tertiary/aromatic N) is 3. The van der Waals surface area contributed by atoms with E-state index in [2.05, 4.69) is 52.7 Å². The number of hydrogen-bond donors (Lipinski definition) is 2. The third kappa shape index (κ3) is 2.86. The number of pyridine rings is 1. The summed E-state index contributed by atoms with van der Waals surface area (Å²) >= 11 is 0. The minimum Gasteiger partial charge on any atom is -0.321 e. The largest absolute Gasteiger partial charge is 0.343 e. The molecule has 1 aliphatic heterocycles. The lowest BCUT2D eigenvalue weighted by atomic mass is 9.72. The quantitative estimate of drug-likeness (QED) is 0.538. The van der Waals surface area contributed by atoms with Crippen molar-refractivity contribution in [2.24, 2.45) is 5.73 Å². The van der Waals surface area contributed by atoms with Crippen LogP contribution >= 0.6 is 0 Å². The van der Waals surface area contributed by atoms with E-state index in [1.165, 1.54) is 12.0 Å². The lowest BCUT2D eigenvalue weighted by Gasteiger charge is -2.38. The Kier molecular flexibility index (Phi) is 3.98. The van der Waals surface area contributed by atoms with Crippen LogP contribution in [0.15, 0.2) is 65.5 Å². The molecule has 0 atom stereocenters. The topological polar surface area (TPSA) is 89.6 Å². The van der Waals surface area contributed by atoms with Crippen molar-refractivity contribution >= 4 is 0 Å². The number of benzene rings is 2. The number of aryl methyl sites for hydroxylation is 1. The van der Waals surface area contributed by atoms with E-state index in [0.717, 1.165) is 46.5 Å². The van der Waals surface area contributed by atoms with E-state index in [1.54, 1.807) is 4.57 Å². The zero-order chi connectivity index (χ0) is 21.0. The van der Waals surface area contributed by atoms with Crippen LogP contribution in [0.2, 0.25) is 0 Å². The maximum Gasteiger partial charge on any atom is 0.343 e. The van der Waals surface area contributed by atoms with Gasteiger partial charge in [-0.05, 0) is 36.5 Å². The summed E-state index contributed by atoms with van der Waals surface area (Å²) in [6.45, 7) is 0.587. The second-order valence-electron chi connectivity index (χ2n) is 8.59. The fourth-order valence-electron chi connectivity index (χ4n) is 4.75. The predicted molar refractivity (Wildman–Crippen MR) is 120 cm³/mol. The van der Waals surface area contributed by atoms with Gasteiger partial charge in [0.05, 0.1) is 11.4 Å². The lowest BCUT2D eigenvalue weighted by Crippen LogP contribution is -2.43. The summed E-state index contributed by atoms with van der Waals surface area (Å²) in [5.74, 6) is 0.660. The fourth-order valence-corrected chi connectivity index (χ4v) is 4.75. The molecular weight excluding hydrogens is 386 g/mol. The van der Waals surface area contributed by atoms with Gasteiger partial charge in [0.1, 0.15) is 0 Å². The Labute approximate surface area is 179 Å². The molecular formula is C25H23N5O. The summed E-state index contributed by atoms with van der Waals surface area (Å²) in [4.78, 5) is 17.2. The smallest absolute Gasteiger partial charge is 0.321 e. The van der Waals surface area contributed by atoms with E-state index >= 15 is 0 Å². The Hall–Kier alpha value is -3.51.